The molecule has 0 aromatic heterocycles. The van der Waals surface area contributed by atoms with Gasteiger partial charge in [-0.25, -0.2) is 0 Å². The number of unbranched alkanes of at least 4 members (excludes halogenated alkanes) is 1. The van der Waals surface area contributed by atoms with E-state index < -0.39 is 0 Å². The zero-order valence-electron chi connectivity index (χ0n) is 10.4. The van der Waals surface area contributed by atoms with Crippen molar-refractivity contribution in [3.8, 4) is 0 Å². The van der Waals surface area contributed by atoms with Crippen LogP contribution < -0.4 is 5.32 Å². The first kappa shape index (κ1) is 13.7. The molecule has 0 saturated carbocycles. The maximum absolute atomic E-state index is 4.09. The lowest BCUT2D eigenvalue weighted by molar-refractivity contribution is 0.419. The van der Waals surface area contributed by atoms with Crippen LogP contribution in [0.15, 0.2) is 12.2 Å². The molecule has 1 unspecified atom stereocenters. The highest BCUT2D eigenvalue weighted by Gasteiger charge is 2.10. The summed E-state index contributed by atoms with van der Waals surface area (Å²) in [5, 5.41) is 3.19. The molecule has 14 heavy (non-hydrogen) atoms. The van der Waals surface area contributed by atoms with Crippen LogP contribution in [0.4, 0.5) is 0 Å². The summed E-state index contributed by atoms with van der Waals surface area (Å²) in [6, 6.07) is 0. The van der Waals surface area contributed by atoms with E-state index in [-0.39, 0.29) is 0 Å². The van der Waals surface area contributed by atoms with Gasteiger partial charge in [0.25, 0.3) is 0 Å². The highest BCUT2D eigenvalue weighted by atomic mass is 14.8. The molecule has 0 aliphatic carbocycles. The summed E-state index contributed by atoms with van der Waals surface area (Å²) in [4.78, 5) is 0. The average molecular weight is 197 g/mol. The fourth-order valence-electron chi connectivity index (χ4n) is 1.83. The van der Waals surface area contributed by atoms with Crippen molar-refractivity contribution in [2.24, 2.45) is 11.8 Å². The summed E-state index contributed by atoms with van der Waals surface area (Å²) in [5.41, 5.74) is 1.36. The van der Waals surface area contributed by atoms with Gasteiger partial charge in [0.15, 0.2) is 0 Å². The number of allylic oxidation sites excluding steroid dienone is 1. The van der Waals surface area contributed by atoms with Crippen molar-refractivity contribution >= 4 is 0 Å². The van der Waals surface area contributed by atoms with Crippen LogP contribution in [-0.4, -0.2) is 13.6 Å². The molecule has 0 aromatic rings. The van der Waals surface area contributed by atoms with Gasteiger partial charge in [-0.2, -0.15) is 0 Å². The lowest BCUT2D eigenvalue weighted by Crippen LogP contribution is -2.10. The topological polar surface area (TPSA) is 12.0 Å². The molecule has 0 aliphatic rings. The Kier molecular flexibility index (Phi) is 7.87. The van der Waals surface area contributed by atoms with Crippen LogP contribution in [0.3, 0.4) is 0 Å². The highest BCUT2D eigenvalue weighted by Crippen LogP contribution is 2.23. The molecule has 0 spiro atoms. The third-order valence-corrected chi connectivity index (χ3v) is 2.68. The third-order valence-electron chi connectivity index (χ3n) is 2.68. The summed E-state index contributed by atoms with van der Waals surface area (Å²) in [5.74, 6) is 1.54. The van der Waals surface area contributed by atoms with Crippen molar-refractivity contribution < 1.29 is 0 Å². The van der Waals surface area contributed by atoms with Crippen LogP contribution in [0.5, 0.6) is 0 Å². The second kappa shape index (κ2) is 8.05. The van der Waals surface area contributed by atoms with Gasteiger partial charge in [-0.3, -0.25) is 0 Å². The lowest BCUT2D eigenvalue weighted by Gasteiger charge is -2.19. The first-order chi connectivity index (χ1) is 6.57. The number of rotatable bonds is 8. The van der Waals surface area contributed by atoms with E-state index in [1.807, 2.05) is 7.05 Å². The van der Waals surface area contributed by atoms with Crippen molar-refractivity contribution in [1.82, 2.24) is 5.32 Å². The Morgan fingerprint density at radius 3 is 2.36 bits per heavy atom. The summed E-state index contributed by atoms with van der Waals surface area (Å²) in [6.45, 7) is 12.0. The minimum absolute atomic E-state index is 0.742. The minimum atomic E-state index is 0.742. The maximum atomic E-state index is 4.09. The molecule has 1 atom stereocenters. The van der Waals surface area contributed by atoms with Crippen molar-refractivity contribution in [2.75, 3.05) is 13.6 Å². The van der Waals surface area contributed by atoms with E-state index >= 15 is 0 Å². The Balaban J connectivity index is 3.68. The van der Waals surface area contributed by atoms with Gasteiger partial charge in [0, 0.05) is 0 Å². The fourth-order valence-corrected chi connectivity index (χ4v) is 1.83. The van der Waals surface area contributed by atoms with Gasteiger partial charge >= 0.3 is 0 Å². The van der Waals surface area contributed by atoms with Gasteiger partial charge in [0.05, 0.1) is 0 Å². The van der Waals surface area contributed by atoms with Crippen molar-refractivity contribution in [3.05, 3.63) is 12.2 Å². The monoisotopic (exact) mass is 197 g/mol. The fraction of sp³-hybridized carbons (Fsp3) is 0.846. The lowest BCUT2D eigenvalue weighted by atomic mass is 9.87. The van der Waals surface area contributed by atoms with Gasteiger partial charge in [-0.1, -0.05) is 32.4 Å². The molecule has 0 rings (SSSR count). The Bertz CT molecular complexity index is 149. The first-order valence-corrected chi connectivity index (χ1v) is 5.88. The summed E-state index contributed by atoms with van der Waals surface area (Å²) in [6.07, 6.45) is 5.23. The molecule has 0 fully saturated rings. The van der Waals surface area contributed by atoms with Crippen LogP contribution in [0.1, 0.15) is 46.5 Å². The molecule has 0 bridgehead atoms. The molecule has 0 amide bonds. The van der Waals surface area contributed by atoms with Crippen LogP contribution in [-0.2, 0) is 0 Å². The second-order valence-corrected chi connectivity index (χ2v) is 4.77. The molecule has 0 aliphatic heterocycles. The summed E-state index contributed by atoms with van der Waals surface area (Å²) >= 11 is 0. The quantitative estimate of drug-likeness (QED) is 0.463. The molecule has 0 radical (unpaired) electrons. The Labute approximate surface area is 90.0 Å². The molecule has 1 heteroatoms. The Hall–Kier alpha value is -0.300. The largest absolute Gasteiger partial charge is 0.320 e. The predicted octanol–water partition coefficient (Wildman–Crippen LogP) is 3.61. The van der Waals surface area contributed by atoms with Crippen LogP contribution in [0, 0.1) is 11.8 Å². The summed E-state index contributed by atoms with van der Waals surface area (Å²) < 4.78 is 0. The standard InChI is InChI=1S/C13H27N/c1-11(2)10-13(12(3)4)8-6-7-9-14-5/h11,13-14H,3,6-10H2,1-2,4-5H3. The van der Waals surface area contributed by atoms with E-state index in [1.165, 1.54) is 31.3 Å². The molecule has 84 valence electrons. The highest BCUT2D eigenvalue weighted by molar-refractivity contribution is 4.96. The van der Waals surface area contributed by atoms with Gasteiger partial charge in [-0.15, -0.1) is 0 Å². The van der Waals surface area contributed by atoms with E-state index in [0.29, 0.717) is 0 Å². The van der Waals surface area contributed by atoms with Crippen LogP contribution in [0.2, 0.25) is 0 Å². The Morgan fingerprint density at radius 1 is 1.29 bits per heavy atom. The van der Waals surface area contributed by atoms with E-state index in [2.05, 4.69) is 32.7 Å². The molecule has 1 N–H and O–H groups in total. The average Bonchev–Trinajstić information content (AvgIpc) is 2.09. The van der Waals surface area contributed by atoms with Gasteiger partial charge in [-0.05, 0) is 51.6 Å². The van der Waals surface area contributed by atoms with E-state index in [1.54, 1.807) is 0 Å². The molecule has 1 nitrogen and oxygen atoms in total. The SMILES string of the molecule is C=C(C)C(CCCCNC)CC(C)C. The van der Waals surface area contributed by atoms with Gasteiger partial charge in [0.2, 0.25) is 0 Å². The smallest absolute Gasteiger partial charge is 0.00519 e. The van der Waals surface area contributed by atoms with Crippen molar-refractivity contribution in [2.45, 2.75) is 46.5 Å². The molecular formula is C13H27N. The third kappa shape index (κ3) is 7.14. The normalized spacial score (nSPS) is 13.2. The van der Waals surface area contributed by atoms with E-state index in [0.717, 1.165) is 18.4 Å². The van der Waals surface area contributed by atoms with Gasteiger partial charge in [0.1, 0.15) is 0 Å². The molecule has 0 aromatic carbocycles. The molecule has 0 saturated heterocycles. The van der Waals surface area contributed by atoms with Crippen LogP contribution >= 0.6 is 0 Å². The van der Waals surface area contributed by atoms with Crippen LogP contribution in [0.25, 0.3) is 0 Å². The zero-order chi connectivity index (χ0) is 11.0. The number of hydrogen-bond acceptors (Lipinski definition) is 1. The van der Waals surface area contributed by atoms with Crippen molar-refractivity contribution in [3.63, 3.8) is 0 Å². The Morgan fingerprint density at radius 2 is 1.93 bits per heavy atom. The molecule has 0 heterocycles. The maximum Gasteiger partial charge on any atom is -0.00519 e. The number of nitrogens with one attached hydrogen (secondary N) is 1. The predicted molar refractivity (Wildman–Crippen MR) is 65.5 cm³/mol. The second-order valence-electron chi connectivity index (χ2n) is 4.77. The first-order valence-electron chi connectivity index (χ1n) is 5.88. The number of hydrogen-bond donors (Lipinski definition) is 1. The van der Waals surface area contributed by atoms with Crippen molar-refractivity contribution in [1.29, 1.82) is 0 Å². The summed E-state index contributed by atoms with van der Waals surface area (Å²) in [7, 11) is 2.02. The van der Waals surface area contributed by atoms with Gasteiger partial charge < -0.3 is 5.32 Å². The minimum Gasteiger partial charge on any atom is -0.320 e. The van der Waals surface area contributed by atoms with E-state index in [9.17, 15) is 0 Å². The van der Waals surface area contributed by atoms with E-state index in [4.69, 9.17) is 0 Å². The molecular weight excluding hydrogens is 170 g/mol. The zero-order valence-corrected chi connectivity index (χ0v) is 10.4.